The lowest BCUT2D eigenvalue weighted by atomic mass is 10.2. The molecule has 0 bridgehead atoms. The quantitative estimate of drug-likeness (QED) is 0.689. The highest BCUT2D eigenvalue weighted by Crippen LogP contribution is 2.08. The molecule has 0 unspecified atom stereocenters. The van der Waals surface area contributed by atoms with Crippen LogP contribution in [0, 0.1) is 0 Å². The number of benzene rings is 1. The summed E-state index contributed by atoms with van der Waals surface area (Å²) in [4.78, 5) is 11.5. The van der Waals surface area contributed by atoms with Crippen molar-refractivity contribution in [2.75, 3.05) is 13.2 Å². The highest BCUT2D eigenvalue weighted by molar-refractivity contribution is 7.62. The van der Waals surface area contributed by atoms with Crippen LogP contribution in [0.1, 0.15) is 5.56 Å². The Morgan fingerprint density at radius 3 is 2.65 bits per heavy atom. The average molecular weight is 253 g/mol. The van der Waals surface area contributed by atoms with Crippen molar-refractivity contribution in [3.63, 3.8) is 0 Å². The van der Waals surface area contributed by atoms with E-state index in [2.05, 4.69) is 4.36 Å². The van der Waals surface area contributed by atoms with Crippen molar-refractivity contribution >= 4 is 22.4 Å². The van der Waals surface area contributed by atoms with Crippen molar-refractivity contribution in [2.24, 2.45) is 4.36 Å². The number of carbonyl (C=O) groups excluding carboxylic acids is 1. The minimum atomic E-state index is -2.75. The molecule has 2 rings (SSSR count). The SMILES string of the molecule is O=C(N=S(=O)=O)[N+]1=C(c2ccccc2)OCC1. The number of hydrogen-bond donors (Lipinski definition) is 0. The van der Waals surface area contributed by atoms with Crippen molar-refractivity contribution in [3.05, 3.63) is 35.9 Å². The standard InChI is InChI=1S/C10H9N2O4S/c13-10(11-17(14)15)12-6-7-16-9(12)8-4-2-1-3-5-8/h1-5H,6-7H2/q+1. The van der Waals surface area contributed by atoms with Crippen LogP contribution in [-0.4, -0.2) is 38.1 Å². The van der Waals surface area contributed by atoms with Gasteiger partial charge in [0.25, 0.3) is 5.90 Å². The number of amides is 2. The number of urea groups is 1. The van der Waals surface area contributed by atoms with Crippen molar-refractivity contribution < 1.29 is 22.5 Å². The number of carbonyl (C=O) groups is 1. The summed E-state index contributed by atoms with van der Waals surface area (Å²) in [6.45, 7) is 0.626. The highest BCUT2D eigenvalue weighted by atomic mass is 32.2. The zero-order chi connectivity index (χ0) is 12.3. The van der Waals surface area contributed by atoms with E-state index in [4.69, 9.17) is 4.74 Å². The van der Waals surface area contributed by atoms with Crippen LogP contribution in [0.5, 0.6) is 0 Å². The van der Waals surface area contributed by atoms with Gasteiger partial charge in [-0.05, 0) is 12.1 Å². The molecule has 1 aromatic rings. The number of nitrogens with zero attached hydrogens (tertiary/aromatic N) is 2. The van der Waals surface area contributed by atoms with Crippen LogP contribution in [0.2, 0.25) is 0 Å². The highest BCUT2D eigenvalue weighted by Gasteiger charge is 2.30. The first-order chi connectivity index (χ1) is 8.18. The van der Waals surface area contributed by atoms with Gasteiger partial charge in [0.1, 0.15) is 17.5 Å². The molecular weight excluding hydrogens is 244 g/mol. The molecule has 17 heavy (non-hydrogen) atoms. The van der Waals surface area contributed by atoms with Gasteiger partial charge in [-0.1, -0.05) is 18.2 Å². The number of rotatable bonds is 1. The van der Waals surface area contributed by atoms with Crippen molar-refractivity contribution in [1.82, 2.24) is 0 Å². The largest absolute Gasteiger partial charge is 0.560 e. The van der Waals surface area contributed by atoms with Gasteiger partial charge in [0, 0.05) is 0 Å². The molecule has 0 N–H and O–H groups in total. The maximum absolute atomic E-state index is 11.5. The molecule has 1 aliphatic heterocycles. The summed E-state index contributed by atoms with van der Waals surface area (Å²) in [7, 11) is -2.75. The maximum Gasteiger partial charge on any atom is 0.560 e. The van der Waals surface area contributed by atoms with Crippen LogP contribution in [-0.2, 0) is 15.2 Å². The van der Waals surface area contributed by atoms with Gasteiger partial charge in [-0.3, -0.25) is 0 Å². The van der Waals surface area contributed by atoms with Crippen LogP contribution >= 0.6 is 0 Å². The van der Waals surface area contributed by atoms with E-state index in [1.165, 1.54) is 4.58 Å². The second kappa shape index (κ2) is 4.88. The molecule has 7 heteroatoms. The summed E-state index contributed by atoms with van der Waals surface area (Å²) in [6.07, 6.45) is 0. The molecule has 2 amide bonds. The molecule has 0 atom stereocenters. The summed E-state index contributed by atoms with van der Waals surface area (Å²) < 4.78 is 30.1. The second-order valence-electron chi connectivity index (χ2n) is 3.26. The van der Waals surface area contributed by atoms with E-state index < -0.39 is 16.5 Å². The van der Waals surface area contributed by atoms with E-state index in [0.717, 1.165) is 0 Å². The molecule has 1 aromatic carbocycles. The first-order valence-corrected chi connectivity index (χ1v) is 5.89. The van der Waals surface area contributed by atoms with Gasteiger partial charge < -0.3 is 4.74 Å². The molecule has 0 radical (unpaired) electrons. The lowest BCUT2D eigenvalue weighted by Gasteiger charge is -1.99. The fraction of sp³-hybridized carbons (Fsp3) is 0.200. The van der Waals surface area contributed by atoms with E-state index in [0.29, 0.717) is 24.6 Å². The minimum Gasteiger partial charge on any atom is -0.458 e. The third-order valence-corrected chi connectivity index (χ3v) is 2.51. The van der Waals surface area contributed by atoms with Gasteiger partial charge in [-0.15, -0.1) is 8.42 Å². The number of ether oxygens (including phenoxy) is 1. The third kappa shape index (κ3) is 2.56. The Bertz CT molecular complexity index is 596. The Morgan fingerprint density at radius 2 is 2.00 bits per heavy atom. The van der Waals surface area contributed by atoms with E-state index >= 15 is 0 Å². The van der Waals surface area contributed by atoms with Gasteiger partial charge in [-0.2, -0.15) is 9.37 Å². The summed E-state index contributed by atoms with van der Waals surface area (Å²) in [5.74, 6) is 0.338. The zero-order valence-electron chi connectivity index (χ0n) is 8.74. The predicted octanol–water partition coefficient (Wildman–Crippen LogP) is 0.659. The van der Waals surface area contributed by atoms with E-state index in [1.807, 2.05) is 6.07 Å². The molecule has 1 aliphatic rings. The smallest absolute Gasteiger partial charge is 0.458 e. The van der Waals surface area contributed by atoms with Crippen LogP contribution in [0.3, 0.4) is 0 Å². The Morgan fingerprint density at radius 1 is 1.29 bits per heavy atom. The Labute approximate surface area is 98.9 Å². The lowest BCUT2D eigenvalue weighted by molar-refractivity contribution is -0.413. The average Bonchev–Trinajstić information content (AvgIpc) is 2.78. The van der Waals surface area contributed by atoms with Crippen molar-refractivity contribution in [1.29, 1.82) is 0 Å². The molecule has 0 saturated carbocycles. The normalized spacial score (nSPS) is 14.4. The monoisotopic (exact) mass is 253 g/mol. The first-order valence-electron chi connectivity index (χ1n) is 4.86. The summed E-state index contributed by atoms with van der Waals surface area (Å²) in [5.41, 5.74) is 0.713. The molecule has 0 spiro atoms. The van der Waals surface area contributed by atoms with Gasteiger partial charge >= 0.3 is 16.5 Å². The van der Waals surface area contributed by atoms with Gasteiger partial charge in [0.15, 0.2) is 0 Å². The molecule has 6 nitrogen and oxygen atoms in total. The van der Waals surface area contributed by atoms with Crippen molar-refractivity contribution in [2.45, 2.75) is 0 Å². The van der Waals surface area contributed by atoms with E-state index in [1.54, 1.807) is 24.3 Å². The summed E-state index contributed by atoms with van der Waals surface area (Å²) in [6, 6.07) is 8.15. The first kappa shape index (κ1) is 11.5. The van der Waals surface area contributed by atoms with Crippen LogP contribution < -0.4 is 0 Å². The van der Waals surface area contributed by atoms with Crippen molar-refractivity contribution in [3.8, 4) is 0 Å². The molecular formula is C10H9N2O4S+. The molecule has 88 valence electrons. The van der Waals surface area contributed by atoms with Crippen LogP contribution in [0.25, 0.3) is 0 Å². The summed E-state index contributed by atoms with van der Waals surface area (Å²) in [5, 5.41) is 0. The topological polar surface area (TPSA) is 75.8 Å². The third-order valence-electron chi connectivity index (χ3n) is 2.20. The van der Waals surface area contributed by atoms with E-state index in [9.17, 15) is 13.2 Å². The van der Waals surface area contributed by atoms with Crippen LogP contribution in [0.4, 0.5) is 4.79 Å². The van der Waals surface area contributed by atoms with Gasteiger partial charge in [0.05, 0.1) is 5.56 Å². The Kier molecular flexibility index (Phi) is 3.29. The fourth-order valence-corrected chi connectivity index (χ4v) is 1.75. The Balaban J connectivity index is 2.44. The molecule has 0 saturated heterocycles. The Hall–Kier alpha value is -2.02. The van der Waals surface area contributed by atoms with E-state index in [-0.39, 0.29) is 0 Å². The fourth-order valence-electron chi connectivity index (χ4n) is 1.53. The van der Waals surface area contributed by atoms with Gasteiger partial charge in [-0.25, -0.2) is 0 Å². The molecule has 0 aromatic heterocycles. The zero-order valence-corrected chi connectivity index (χ0v) is 9.55. The molecule has 1 heterocycles. The summed E-state index contributed by atoms with van der Waals surface area (Å²) >= 11 is 0. The maximum atomic E-state index is 11.5. The van der Waals surface area contributed by atoms with Gasteiger partial charge in [0.2, 0.25) is 0 Å². The number of hydrogen-bond acceptors (Lipinski definition) is 4. The molecule has 0 aliphatic carbocycles. The minimum absolute atomic E-state index is 0.295. The molecule has 0 fully saturated rings. The lowest BCUT2D eigenvalue weighted by Crippen LogP contribution is -2.21. The van der Waals surface area contributed by atoms with Crippen LogP contribution in [0.15, 0.2) is 34.7 Å². The second-order valence-corrected chi connectivity index (χ2v) is 3.88. The predicted molar refractivity (Wildman–Crippen MR) is 58.4 cm³/mol.